The van der Waals surface area contributed by atoms with E-state index in [1.807, 2.05) is 35.5 Å². The van der Waals surface area contributed by atoms with Crippen LogP contribution in [0.4, 0.5) is 17.3 Å². The van der Waals surface area contributed by atoms with Gasteiger partial charge in [-0.1, -0.05) is 29.5 Å². The number of nitrogens with zero attached hydrogens (tertiary/aromatic N) is 5. The Hall–Kier alpha value is -2.61. The molecule has 8 heteroatoms. The van der Waals surface area contributed by atoms with Crippen LogP contribution in [0.1, 0.15) is 12.8 Å². The van der Waals surface area contributed by atoms with Gasteiger partial charge in [-0.25, -0.2) is 0 Å². The Morgan fingerprint density at radius 1 is 1.36 bits per heavy atom. The van der Waals surface area contributed by atoms with Crippen LogP contribution in [0.2, 0.25) is 0 Å². The summed E-state index contributed by atoms with van der Waals surface area (Å²) in [6, 6.07) is 10.5. The van der Waals surface area contributed by atoms with Gasteiger partial charge in [0.15, 0.2) is 0 Å². The number of rotatable bonds is 4. The van der Waals surface area contributed by atoms with Gasteiger partial charge in [-0.3, -0.25) is 0 Å². The summed E-state index contributed by atoms with van der Waals surface area (Å²) in [6.45, 7) is 1.84. The lowest BCUT2D eigenvalue weighted by molar-refractivity contribution is -0.389. The van der Waals surface area contributed by atoms with Crippen LogP contribution in [0, 0.1) is 10.1 Å². The van der Waals surface area contributed by atoms with Crippen LogP contribution >= 0.6 is 11.3 Å². The first-order valence-electron chi connectivity index (χ1n) is 8.28. The van der Waals surface area contributed by atoms with Gasteiger partial charge in [0.1, 0.15) is 6.20 Å². The molecule has 1 aliphatic rings. The van der Waals surface area contributed by atoms with E-state index in [1.165, 1.54) is 17.0 Å². The van der Waals surface area contributed by atoms with E-state index in [2.05, 4.69) is 22.0 Å². The number of hydrogen-bond donors (Lipinski definition) is 0. The fourth-order valence-corrected chi connectivity index (χ4v) is 4.19. The minimum Gasteiger partial charge on any atom is -0.369 e. The van der Waals surface area contributed by atoms with Crippen molar-refractivity contribution in [1.29, 1.82) is 0 Å². The SMILES string of the molecule is CN(c1nc2sccn2c1[N+](=O)[O-])C1CCCN(c2ccccc2)C1. The maximum Gasteiger partial charge on any atom is 0.373 e. The Kier molecular flexibility index (Phi) is 4.04. The molecule has 1 aliphatic heterocycles. The average Bonchev–Trinajstić information content (AvgIpc) is 3.22. The molecule has 1 unspecified atom stereocenters. The third-order valence-corrected chi connectivity index (χ3v) is 5.55. The van der Waals surface area contributed by atoms with Crippen molar-refractivity contribution in [3.05, 3.63) is 52.0 Å². The molecule has 0 radical (unpaired) electrons. The van der Waals surface area contributed by atoms with Crippen LogP contribution in [0.25, 0.3) is 4.96 Å². The molecule has 1 atom stereocenters. The Labute approximate surface area is 149 Å². The lowest BCUT2D eigenvalue weighted by Gasteiger charge is -2.38. The molecule has 0 N–H and O–H groups in total. The maximum atomic E-state index is 11.6. The van der Waals surface area contributed by atoms with Crippen molar-refractivity contribution in [3.63, 3.8) is 0 Å². The zero-order valence-electron chi connectivity index (χ0n) is 13.9. The van der Waals surface area contributed by atoms with Gasteiger partial charge in [0.05, 0.1) is 0 Å². The molecule has 4 rings (SSSR count). The predicted molar refractivity (Wildman–Crippen MR) is 99.8 cm³/mol. The van der Waals surface area contributed by atoms with Crippen LogP contribution in [0.5, 0.6) is 0 Å². The van der Waals surface area contributed by atoms with Crippen molar-refractivity contribution in [2.45, 2.75) is 18.9 Å². The number of fused-ring (bicyclic) bond motifs is 1. The van der Waals surface area contributed by atoms with Crippen molar-refractivity contribution in [2.75, 3.05) is 29.9 Å². The van der Waals surface area contributed by atoms with E-state index in [0.29, 0.717) is 10.8 Å². The number of imidazole rings is 1. The first-order valence-corrected chi connectivity index (χ1v) is 9.16. The fourth-order valence-electron chi connectivity index (χ4n) is 3.49. The summed E-state index contributed by atoms with van der Waals surface area (Å²) in [6.07, 6.45) is 3.77. The summed E-state index contributed by atoms with van der Waals surface area (Å²) >= 11 is 1.41. The summed E-state index contributed by atoms with van der Waals surface area (Å²) in [5.74, 6) is 0.507. The summed E-state index contributed by atoms with van der Waals surface area (Å²) in [5.41, 5.74) is 1.20. The average molecular weight is 357 g/mol. The molecule has 1 saturated heterocycles. The summed E-state index contributed by atoms with van der Waals surface area (Å²) < 4.78 is 1.56. The van der Waals surface area contributed by atoms with E-state index in [9.17, 15) is 10.1 Å². The molecule has 0 spiro atoms. The van der Waals surface area contributed by atoms with Crippen molar-refractivity contribution in [1.82, 2.24) is 9.38 Å². The summed E-state index contributed by atoms with van der Waals surface area (Å²) in [7, 11) is 1.92. The number of para-hydroxylation sites is 1. The van der Waals surface area contributed by atoms with E-state index >= 15 is 0 Å². The number of aromatic nitrogens is 2. The highest BCUT2D eigenvalue weighted by Crippen LogP contribution is 2.33. The molecule has 0 bridgehead atoms. The van der Waals surface area contributed by atoms with Crippen LogP contribution in [-0.2, 0) is 0 Å². The van der Waals surface area contributed by atoms with E-state index in [4.69, 9.17) is 0 Å². The summed E-state index contributed by atoms with van der Waals surface area (Å²) in [4.78, 5) is 20.7. The van der Waals surface area contributed by atoms with Gasteiger partial charge >= 0.3 is 5.82 Å². The van der Waals surface area contributed by atoms with Gasteiger partial charge in [-0.15, -0.1) is 0 Å². The number of thiazole rings is 1. The van der Waals surface area contributed by atoms with Gasteiger partial charge in [0.2, 0.25) is 5.82 Å². The zero-order chi connectivity index (χ0) is 17.4. The second kappa shape index (κ2) is 6.36. The highest BCUT2D eigenvalue weighted by molar-refractivity contribution is 7.15. The largest absolute Gasteiger partial charge is 0.373 e. The molecule has 0 aliphatic carbocycles. The topological polar surface area (TPSA) is 66.9 Å². The number of benzene rings is 1. The second-order valence-corrected chi connectivity index (χ2v) is 7.13. The molecule has 0 amide bonds. The van der Waals surface area contributed by atoms with E-state index in [-0.39, 0.29) is 16.8 Å². The Bertz CT molecular complexity index is 891. The van der Waals surface area contributed by atoms with Gasteiger partial charge in [0.25, 0.3) is 4.96 Å². The molecular weight excluding hydrogens is 338 g/mol. The minimum atomic E-state index is -0.337. The number of piperidine rings is 1. The van der Waals surface area contributed by atoms with Gasteiger partial charge in [-0.05, 0) is 29.9 Å². The predicted octanol–water partition coefficient (Wildman–Crippen LogP) is 3.41. The van der Waals surface area contributed by atoms with E-state index < -0.39 is 0 Å². The number of nitro groups is 1. The molecule has 7 nitrogen and oxygen atoms in total. The molecule has 2 aromatic heterocycles. The van der Waals surface area contributed by atoms with Gasteiger partial charge in [-0.2, -0.15) is 9.38 Å². The molecule has 0 saturated carbocycles. The highest BCUT2D eigenvalue weighted by Gasteiger charge is 2.32. The molecule has 1 aromatic carbocycles. The Balaban J connectivity index is 1.62. The quantitative estimate of drug-likeness (QED) is 0.529. The monoisotopic (exact) mass is 357 g/mol. The van der Waals surface area contributed by atoms with Crippen molar-refractivity contribution < 1.29 is 4.92 Å². The molecular formula is C17H19N5O2S. The van der Waals surface area contributed by atoms with Crippen LogP contribution in [0.15, 0.2) is 41.9 Å². The van der Waals surface area contributed by atoms with Crippen molar-refractivity contribution in [3.8, 4) is 0 Å². The van der Waals surface area contributed by atoms with Crippen LogP contribution < -0.4 is 9.80 Å². The maximum absolute atomic E-state index is 11.6. The second-order valence-electron chi connectivity index (χ2n) is 6.26. The molecule has 3 aromatic rings. The van der Waals surface area contributed by atoms with E-state index in [0.717, 1.165) is 25.9 Å². The fraction of sp³-hybridized carbons (Fsp3) is 0.353. The third kappa shape index (κ3) is 2.82. The first-order chi connectivity index (χ1) is 12.1. The molecule has 1 fully saturated rings. The Morgan fingerprint density at radius 2 is 2.16 bits per heavy atom. The minimum absolute atomic E-state index is 0.0515. The normalized spacial score (nSPS) is 17.8. The Morgan fingerprint density at radius 3 is 2.92 bits per heavy atom. The number of likely N-dealkylation sites (N-methyl/N-ethyl adjacent to an activating group) is 1. The lowest BCUT2D eigenvalue weighted by atomic mass is 10.0. The first kappa shape index (κ1) is 15.9. The van der Waals surface area contributed by atoms with Gasteiger partial charge in [0, 0.05) is 37.2 Å². The lowest BCUT2D eigenvalue weighted by Crippen LogP contribution is -2.47. The highest BCUT2D eigenvalue weighted by atomic mass is 32.1. The molecule has 25 heavy (non-hydrogen) atoms. The third-order valence-electron chi connectivity index (χ3n) is 4.79. The molecule has 3 heterocycles. The van der Waals surface area contributed by atoms with Gasteiger partial charge < -0.3 is 19.9 Å². The van der Waals surface area contributed by atoms with E-state index in [1.54, 1.807) is 10.6 Å². The molecule has 130 valence electrons. The van der Waals surface area contributed by atoms with Crippen LogP contribution in [-0.4, -0.2) is 40.5 Å². The summed E-state index contributed by atoms with van der Waals surface area (Å²) in [5, 5.41) is 13.4. The zero-order valence-corrected chi connectivity index (χ0v) is 14.7. The van der Waals surface area contributed by atoms with Crippen molar-refractivity contribution >= 4 is 33.6 Å². The smallest absolute Gasteiger partial charge is 0.369 e. The standard InChI is InChI=1S/C17H19N5O2S/c1-19(15-16(22(23)24)21-10-11-25-17(21)18-15)14-8-5-9-20(12-14)13-6-3-2-4-7-13/h2-4,6-7,10-11,14H,5,8-9,12H2,1H3. The number of hydrogen-bond acceptors (Lipinski definition) is 6. The van der Waals surface area contributed by atoms with Crippen LogP contribution in [0.3, 0.4) is 0 Å². The van der Waals surface area contributed by atoms with Crippen molar-refractivity contribution in [2.24, 2.45) is 0 Å². The number of anilines is 2.